The van der Waals surface area contributed by atoms with Crippen LogP contribution in [0.2, 0.25) is 5.02 Å². The third-order valence-corrected chi connectivity index (χ3v) is 4.22. The van der Waals surface area contributed by atoms with Gasteiger partial charge in [0.15, 0.2) is 0 Å². The van der Waals surface area contributed by atoms with E-state index in [1.165, 1.54) is 18.2 Å². The Kier molecular flexibility index (Phi) is 5.94. The first-order chi connectivity index (χ1) is 11.0. The summed E-state index contributed by atoms with van der Waals surface area (Å²) in [6.07, 6.45) is 1.28. The fraction of sp³-hybridized carbons (Fsp3) is 0.438. The second-order valence-corrected chi connectivity index (χ2v) is 5.88. The number of piperidine rings is 1. The predicted molar refractivity (Wildman–Crippen MR) is 83.3 cm³/mol. The van der Waals surface area contributed by atoms with Crippen LogP contribution >= 0.6 is 11.6 Å². The molecule has 0 saturated carbocycles. The van der Waals surface area contributed by atoms with Crippen molar-refractivity contribution in [2.45, 2.75) is 19.3 Å². The minimum Gasteiger partial charge on any atom is -0.355 e. The molecular weight excluding hydrogens is 321 g/mol. The standard InChI is InChI=1S/C16H17ClFN3O2/c17-12-2-1-3-13(18)15(12)16(23)21-8-5-11(6-9-21)10-20-14(22)4-7-19/h1-3,11H,4-6,8-10H2,(H,20,22). The molecule has 0 atom stereocenters. The molecule has 5 nitrogen and oxygen atoms in total. The zero-order chi connectivity index (χ0) is 16.8. The molecule has 1 aliphatic heterocycles. The van der Waals surface area contributed by atoms with Crippen LogP contribution in [0.3, 0.4) is 0 Å². The summed E-state index contributed by atoms with van der Waals surface area (Å²) in [6.45, 7) is 1.47. The summed E-state index contributed by atoms with van der Waals surface area (Å²) >= 11 is 5.93. The summed E-state index contributed by atoms with van der Waals surface area (Å²) in [4.78, 5) is 25.2. The van der Waals surface area contributed by atoms with Crippen molar-refractivity contribution in [2.24, 2.45) is 5.92 Å². The smallest absolute Gasteiger partial charge is 0.258 e. The molecule has 0 spiro atoms. The minimum atomic E-state index is -0.617. The number of nitriles is 1. The first kappa shape index (κ1) is 17.2. The number of halogens is 2. The van der Waals surface area contributed by atoms with Gasteiger partial charge in [-0.25, -0.2) is 4.39 Å². The Labute approximate surface area is 139 Å². The maximum absolute atomic E-state index is 13.8. The number of nitrogens with one attached hydrogen (secondary N) is 1. The van der Waals surface area contributed by atoms with Gasteiger partial charge in [-0.3, -0.25) is 9.59 Å². The van der Waals surface area contributed by atoms with E-state index in [2.05, 4.69) is 5.32 Å². The highest BCUT2D eigenvalue weighted by Gasteiger charge is 2.26. The first-order valence-electron chi connectivity index (χ1n) is 7.40. The Morgan fingerprint density at radius 2 is 2.09 bits per heavy atom. The molecule has 0 aliphatic carbocycles. The van der Waals surface area contributed by atoms with E-state index in [9.17, 15) is 14.0 Å². The van der Waals surface area contributed by atoms with E-state index < -0.39 is 11.7 Å². The monoisotopic (exact) mass is 337 g/mol. The number of carbonyl (C=O) groups is 2. The molecule has 2 rings (SSSR count). The highest BCUT2D eigenvalue weighted by molar-refractivity contribution is 6.33. The quantitative estimate of drug-likeness (QED) is 0.916. The third-order valence-electron chi connectivity index (χ3n) is 3.91. The van der Waals surface area contributed by atoms with Gasteiger partial charge in [0.1, 0.15) is 12.2 Å². The van der Waals surface area contributed by atoms with Crippen LogP contribution in [0.25, 0.3) is 0 Å². The van der Waals surface area contributed by atoms with Gasteiger partial charge in [-0.05, 0) is 30.9 Å². The number of benzene rings is 1. The van der Waals surface area contributed by atoms with Crippen molar-refractivity contribution >= 4 is 23.4 Å². The van der Waals surface area contributed by atoms with E-state index in [4.69, 9.17) is 16.9 Å². The lowest BCUT2D eigenvalue weighted by Crippen LogP contribution is -2.41. The summed E-state index contributed by atoms with van der Waals surface area (Å²) < 4.78 is 13.8. The molecule has 2 amide bonds. The van der Waals surface area contributed by atoms with Crippen LogP contribution in [-0.2, 0) is 4.79 Å². The number of amides is 2. The molecule has 0 aromatic heterocycles. The molecule has 0 bridgehead atoms. The molecule has 1 N–H and O–H groups in total. The van der Waals surface area contributed by atoms with Crippen molar-refractivity contribution in [3.63, 3.8) is 0 Å². The summed E-state index contributed by atoms with van der Waals surface area (Å²) in [6, 6.07) is 5.97. The van der Waals surface area contributed by atoms with E-state index in [1.807, 2.05) is 0 Å². The number of carbonyl (C=O) groups excluding carboxylic acids is 2. The van der Waals surface area contributed by atoms with Crippen molar-refractivity contribution in [2.75, 3.05) is 19.6 Å². The largest absolute Gasteiger partial charge is 0.355 e. The lowest BCUT2D eigenvalue weighted by atomic mass is 9.96. The van der Waals surface area contributed by atoms with Gasteiger partial charge in [0.25, 0.3) is 5.91 Å². The van der Waals surface area contributed by atoms with Crippen LogP contribution < -0.4 is 5.32 Å². The van der Waals surface area contributed by atoms with Crippen molar-refractivity contribution in [1.29, 1.82) is 5.26 Å². The minimum absolute atomic E-state index is 0.0880. The fourth-order valence-corrected chi connectivity index (χ4v) is 2.84. The molecule has 1 aromatic carbocycles. The van der Waals surface area contributed by atoms with Crippen LogP contribution in [0.1, 0.15) is 29.6 Å². The zero-order valence-corrected chi connectivity index (χ0v) is 13.3. The van der Waals surface area contributed by atoms with Gasteiger partial charge in [0.2, 0.25) is 5.91 Å². The van der Waals surface area contributed by atoms with Gasteiger partial charge < -0.3 is 10.2 Å². The Morgan fingerprint density at radius 3 is 2.70 bits per heavy atom. The van der Waals surface area contributed by atoms with Crippen LogP contribution in [0.4, 0.5) is 4.39 Å². The molecule has 0 radical (unpaired) electrons. The van der Waals surface area contributed by atoms with Gasteiger partial charge in [0, 0.05) is 19.6 Å². The Balaban J connectivity index is 1.88. The lowest BCUT2D eigenvalue weighted by Gasteiger charge is -2.32. The molecule has 0 unspecified atom stereocenters. The van der Waals surface area contributed by atoms with Crippen LogP contribution in [0.5, 0.6) is 0 Å². The summed E-state index contributed by atoms with van der Waals surface area (Å²) in [5, 5.41) is 11.2. The van der Waals surface area contributed by atoms with E-state index >= 15 is 0 Å². The highest BCUT2D eigenvalue weighted by atomic mass is 35.5. The normalized spacial score (nSPS) is 15.1. The van der Waals surface area contributed by atoms with Crippen LogP contribution in [0, 0.1) is 23.1 Å². The van der Waals surface area contributed by atoms with Gasteiger partial charge >= 0.3 is 0 Å². The topological polar surface area (TPSA) is 73.2 Å². The molecule has 1 aromatic rings. The maximum atomic E-state index is 13.8. The van der Waals surface area contributed by atoms with Crippen molar-refractivity contribution < 1.29 is 14.0 Å². The SMILES string of the molecule is N#CCC(=O)NCC1CCN(C(=O)c2c(F)cccc2Cl)CC1. The number of rotatable bonds is 4. The van der Waals surface area contributed by atoms with Crippen molar-refractivity contribution in [3.8, 4) is 6.07 Å². The molecule has 1 aliphatic rings. The second-order valence-electron chi connectivity index (χ2n) is 5.47. The Hall–Kier alpha value is -2.13. The summed E-state index contributed by atoms with van der Waals surface area (Å²) in [7, 11) is 0. The number of nitrogens with zero attached hydrogens (tertiary/aromatic N) is 2. The third kappa shape index (κ3) is 4.42. The van der Waals surface area contributed by atoms with Crippen molar-refractivity contribution in [1.82, 2.24) is 10.2 Å². The van der Waals surface area contributed by atoms with Crippen molar-refractivity contribution in [3.05, 3.63) is 34.6 Å². The average Bonchev–Trinajstić information content (AvgIpc) is 2.53. The summed E-state index contributed by atoms with van der Waals surface area (Å²) in [5.41, 5.74) is -0.0880. The van der Waals surface area contributed by atoms with E-state index in [0.29, 0.717) is 32.5 Å². The molecule has 23 heavy (non-hydrogen) atoms. The number of likely N-dealkylation sites (tertiary alicyclic amines) is 1. The van der Waals surface area contributed by atoms with E-state index in [-0.39, 0.29) is 28.8 Å². The van der Waals surface area contributed by atoms with E-state index in [0.717, 1.165) is 0 Å². The molecular formula is C16H17ClFN3O2. The Morgan fingerprint density at radius 1 is 1.39 bits per heavy atom. The van der Waals surface area contributed by atoms with Crippen LogP contribution in [0.15, 0.2) is 18.2 Å². The van der Waals surface area contributed by atoms with Gasteiger partial charge in [-0.1, -0.05) is 17.7 Å². The Bertz CT molecular complexity index is 616. The zero-order valence-electron chi connectivity index (χ0n) is 12.5. The molecule has 1 heterocycles. The van der Waals surface area contributed by atoms with E-state index in [1.54, 1.807) is 11.0 Å². The lowest BCUT2D eigenvalue weighted by molar-refractivity contribution is -0.120. The molecule has 122 valence electrons. The average molecular weight is 338 g/mol. The molecule has 1 fully saturated rings. The fourth-order valence-electron chi connectivity index (χ4n) is 2.59. The number of hydrogen-bond acceptors (Lipinski definition) is 3. The second kappa shape index (κ2) is 7.93. The summed E-state index contributed by atoms with van der Waals surface area (Å²) in [5.74, 6) is -1.06. The molecule has 7 heteroatoms. The molecule has 1 saturated heterocycles. The van der Waals surface area contributed by atoms with Gasteiger partial charge in [-0.2, -0.15) is 5.26 Å². The maximum Gasteiger partial charge on any atom is 0.258 e. The van der Waals surface area contributed by atoms with Gasteiger partial charge in [0.05, 0.1) is 16.7 Å². The predicted octanol–water partition coefficient (Wildman–Crippen LogP) is 2.36. The first-order valence-corrected chi connectivity index (χ1v) is 7.77. The highest BCUT2D eigenvalue weighted by Crippen LogP contribution is 2.24. The van der Waals surface area contributed by atoms with Gasteiger partial charge in [-0.15, -0.1) is 0 Å². The number of hydrogen-bond donors (Lipinski definition) is 1. The van der Waals surface area contributed by atoms with Crippen LogP contribution in [-0.4, -0.2) is 36.3 Å².